The molecule has 1 atom stereocenters. The molecule has 2 aromatic rings. The number of thiophene rings is 1. The van der Waals surface area contributed by atoms with Gasteiger partial charge >= 0.3 is 0 Å². The van der Waals surface area contributed by atoms with Gasteiger partial charge in [-0.05, 0) is 31.5 Å². The van der Waals surface area contributed by atoms with Crippen LogP contribution in [0.25, 0.3) is 0 Å². The van der Waals surface area contributed by atoms with Crippen molar-refractivity contribution in [2.45, 2.75) is 26.3 Å². The van der Waals surface area contributed by atoms with Crippen molar-refractivity contribution >= 4 is 34.5 Å². The van der Waals surface area contributed by atoms with Gasteiger partial charge in [0, 0.05) is 11.1 Å². The smallest absolute Gasteiger partial charge is 0.131 e. The van der Waals surface area contributed by atoms with Gasteiger partial charge in [0.05, 0.1) is 14.7 Å². The molecular weight excluding hydrogens is 316 g/mol. The van der Waals surface area contributed by atoms with E-state index in [1.807, 2.05) is 12.1 Å². The Labute approximate surface area is 132 Å². The van der Waals surface area contributed by atoms with Crippen LogP contribution in [0.4, 0.5) is 4.39 Å². The van der Waals surface area contributed by atoms with Crippen LogP contribution >= 0.6 is 34.5 Å². The summed E-state index contributed by atoms with van der Waals surface area (Å²) in [7, 11) is 0. The lowest BCUT2D eigenvalue weighted by atomic mass is 9.98. The lowest BCUT2D eigenvalue weighted by Gasteiger charge is -2.20. The van der Waals surface area contributed by atoms with Crippen LogP contribution in [0.1, 0.15) is 36.1 Å². The van der Waals surface area contributed by atoms with Gasteiger partial charge in [-0.1, -0.05) is 48.3 Å². The number of halogens is 3. The molecule has 1 aromatic heterocycles. The first kappa shape index (κ1) is 15.8. The van der Waals surface area contributed by atoms with Gasteiger partial charge < -0.3 is 5.32 Å². The Hall–Kier alpha value is -0.610. The molecule has 0 saturated heterocycles. The van der Waals surface area contributed by atoms with E-state index < -0.39 is 0 Å². The first-order valence-corrected chi connectivity index (χ1v) is 8.05. The van der Waals surface area contributed by atoms with Crippen LogP contribution < -0.4 is 5.32 Å². The van der Waals surface area contributed by atoms with Crippen LogP contribution in [0.2, 0.25) is 8.67 Å². The molecule has 0 aliphatic rings. The first-order chi connectivity index (χ1) is 9.54. The largest absolute Gasteiger partial charge is 0.306 e. The van der Waals surface area contributed by atoms with Crippen molar-refractivity contribution in [3.63, 3.8) is 0 Å². The highest BCUT2D eigenvalue weighted by atomic mass is 35.5. The number of nitrogens with one attached hydrogen (secondary N) is 1. The van der Waals surface area contributed by atoms with Crippen molar-refractivity contribution in [1.29, 1.82) is 0 Å². The number of aryl methyl sites for hydroxylation is 1. The molecule has 1 heterocycles. The Morgan fingerprint density at radius 3 is 2.65 bits per heavy atom. The van der Waals surface area contributed by atoms with E-state index in [-0.39, 0.29) is 11.9 Å². The van der Waals surface area contributed by atoms with Crippen LogP contribution in [-0.2, 0) is 0 Å². The quantitative estimate of drug-likeness (QED) is 0.752. The van der Waals surface area contributed by atoms with Crippen molar-refractivity contribution in [2.75, 3.05) is 6.54 Å². The molecular formula is C15H16Cl2FNS. The number of hydrogen-bond donors (Lipinski definition) is 1. The normalized spacial score (nSPS) is 12.7. The van der Waals surface area contributed by atoms with E-state index in [4.69, 9.17) is 23.2 Å². The highest BCUT2D eigenvalue weighted by Crippen LogP contribution is 2.38. The van der Waals surface area contributed by atoms with E-state index in [1.54, 1.807) is 19.1 Å². The standard InChI is InChI=1S/C15H16Cl2FNS/c1-3-7-19-14(11-8-12(16)20-15(11)17)10-6-4-5-9(2)13(10)18/h4-6,8,14,19H,3,7H2,1-2H3. The van der Waals surface area contributed by atoms with Gasteiger partial charge in [-0.25, -0.2) is 4.39 Å². The molecule has 0 aliphatic heterocycles. The van der Waals surface area contributed by atoms with Crippen molar-refractivity contribution in [2.24, 2.45) is 0 Å². The summed E-state index contributed by atoms with van der Waals surface area (Å²) >= 11 is 13.6. The monoisotopic (exact) mass is 331 g/mol. The molecule has 0 fully saturated rings. The fourth-order valence-corrected chi connectivity index (χ4v) is 3.65. The Bertz CT molecular complexity index is 598. The van der Waals surface area contributed by atoms with E-state index in [9.17, 15) is 4.39 Å². The van der Waals surface area contributed by atoms with Gasteiger partial charge in [0.2, 0.25) is 0 Å². The van der Waals surface area contributed by atoms with Gasteiger partial charge in [-0.3, -0.25) is 0 Å². The van der Waals surface area contributed by atoms with Gasteiger partial charge in [-0.2, -0.15) is 0 Å². The molecule has 1 unspecified atom stereocenters. The highest BCUT2D eigenvalue weighted by molar-refractivity contribution is 7.20. The molecule has 0 aliphatic carbocycles. The molecule has 0 radical (unpaired) electrons. The minimum Gasteiger partial charge on any atom is -0.306 e. The van der Waals surface area contributed by atoms with Crippen LogP contribution in [0.3, 0.4) is 0 Å². The Morgan fingerprint density at radius 2 is 2.05 bits per heavy atom. The average molecular weight is 332 g/mol. The fourth-order valence-electron chi connectivity index (χ4n) is 2.12. The van der Waals surface area contributed by atoms with E-state index >= 15 is 0 Å². The summed E-state index contributed by atoms with van der Waals surface area (Å²) in [6.07, 6.45) is 0.958. The molecule has 2 rings (SSSR count). The van der Waals surface area contributed by atoms with E-state index in [2.05, 4.69) is 12.2 Å². The molecule has 0 amide bonds. The maximum Gasteiger partial charge on any atom is 0.131 e. The summed E-state index contributed by atoms with van der Waals surface area (Å²) in [5, 5.41) is 3.35. The fraction of sp³-hybridized carbons (Fsp3) is 0.333. The second-order valence-corrected chi connectivity index (χ2v) is 6.93. The summed E-state index contributed by atoms with van der Waals surface area (Å²) in [6.45, 7) is 4.61. The van der Waals surface area contributed by atoms with Crippen LogP contribution in [0, 0.1) is 12.7 Å². The van der Waals surface area contributed by atoms with Crippen LogP contribution in [0.15, 0.2) is 24.3 Å². The van der Waals surface area contributed by atoms with Gasteiger partial charge in [0.25, 0.3) is 0 Å². The highest BCUT2D eigenvalue weighted by Gasteiger charge is 2.22. The summed E-state index contributed by atoms with van der Waals surface area (Å²) < 4.78 is 15.6. The molecule has 1 nitrogen and oxygen atoms in total. The van der Waals surface area contributed by atoms with Crippen LogP contribution in [0.5, 0.6) is 0 Å². The minimum atomic E-state index is -0.272. The Balaban J connectivity index is 2.47. The zero-order valence-electron chi connectivity index (χ0n) is 11.3. The Kier molecular flexibility index (Phi) is 5.44. The number of benzene rings is 1. The second-order valence-electron chi connectivity index (χ2n) is 4.64. The third kappa shape index (κ3) is 3.34. The van der Waals surface area contributed by atoms with Gasteiger partial charge in [0.1, 0.15) is 5.82 Å². The summed E-state index contributed by atoms with van der Waals surface area (Å²) in [5.41, 5.74) is 2.07. The molecule has 108 valence electrons. The van der Waals surface area contributed by atoms with Gasteiger partial charge in [-0.15, -0.1) is 11.3 Å². The lowest BCUT2D eigenvalue weighted by molar-refractivity contribution is 0.543. The van der Waals surface area contributed by atoms with E-state index in [1.165, 1.54) is 11.3 Å². The third-order valence-electron chi connectivity index (χ3n) is 3.13. The van der Waals surface area contributed by atoms with E-state index in [0.717, 1.165) is 18.5 Å². The third-order valence-corrected chi connectivity index (χ3v) is 4.64. The first-order valence-electron chi connectivity index (χ1n) is 6.47. The predicted molar refractivity (Wildman–Crippen MR) is 85.6 cm³/mol. The summed E-state index contributed by atoms with van der Waals surface area (Å²) in [4.78, 5) is 0. The van der Waals surface area contributed by atoms with Gasteiger partial charge in [0.15, 0.2) is 0 Å². The summed E-state index contributed by atoms with van der Waals surface area (Å²) in [6, 6.07) is 6.95. The van der Waals surface area contributed by atoms with Crippen molar-refractivity contribution in [3.8, 4) is 0 Å². The molecule has 0 bridgehead atoms. The number of rotatable bonds is 5. The van der Waals surface area contributed by atoms with Crippen molar-refractivity contribution in [1.82, 2.24) is 5.32 Å². The maximum atomic E-state index is 14.4. The van der Waals surface area contributed by atoms with E-state index in [0.29, 0.717) is 19.8 Å². The zero-order valence-corrected chi connectivity index (χ0v) is 13.7. The predicted octanol–water partition coefficient (Wildman–Crippen LogP) is 5.59. The molecule has 1 aromatic carbocycles. The Morgan fingerprint density at radius 1 is 1.30 bits per heavy atom. The minimum absolute atomic E-state index is 0.195. The molecule has 1 N–H and O–H groups in total. The van der Waals surface area contributed by atoms with Crippen molar-refractivity contribution < 1.29 is 4.39 Å². The second kappa shape index (κ2) is 6.90. The lowest BCUT2D eigenvalue weighted by Crippen LogP contribution is -2.24. The molecule has 0 saturated carbocycles. The average Bonchev–Trinajstić information content (AvgIpc) is 2.74. The van der Waals surface area contributed by atoms with Crippen LogP contribution in [-0.4, -0.2) is 6.54 Å². The number of hydrogen-bond acceptors (Lipinski definition) is 2. The zero-order chi connectivity index (χ0) is 14.7. The maximum absolute atomic E-state index is 14.4. The molecule has 20 heavy (non-hydrogen) atoms. The SMILES string of the molecule is CCCNC(c1cc(Cl)sc1Cl)c1cccc(C)c1F. The van der Waals surface area contributed by atoms with Crippen molar-refractivity contribution in [3.05, 3.63) is 55.4 Å². The molecule has 5 heteroatoms. The topological polar surface area (TPSA) is 12.0 Å². The molecule has 0 spiro atoms. The summed E-state index contributed by atoms with van der Waals surface area (Å²) in [5.74, 6) is -0.195.